The van der Waals surface area contributed by atoms with Crippen molar-refractivity contribution < 1.29 is 19.2 Å². The fourth-order valence-corrected chi connectivity index (χ4v) is 3.84. The molecule has 0 radical (unpaired) electrons. The van der Waals surface area contributed by atoms with Gasteiger partial charge in [0.05, 0.1) is 23.6 Å². The number of carbonyl (C=O) groups is 2. The minimum atomic E-state index is -0.526. The summed E-state index contributed by atoms with van der Waals surface area (Å²) >= 11 is 0. The minimum Gasteiger partial charge on any atom is -0.496 e. The van der Waals surface area contributed by atoms with Crippen molar-refractivity contribution in [3.8, 4) is 5.75 Å². The van der Waals surface area contributed by atoms with Crippen LogP contribution in [0.25, 0.3) is 0 Å². The Bertz CT molecular complexity index is 754. The van der Waals surface area contributed by atoms with Crippen LogP contribution in [0.3, 0.4) is 0 Å². The molecule has 2 saturated heterocycles. The predicted molar refractivity (Wildman–Crippen MR) is 110 cm³/mol. The van der Waals surface area contributed by atoms with E-state index >= 15 is 0 Å². The Morgan fingerprint density at radius 2 is 2.14 bits per heavy atom. The highest BCUT2D eigenvalue weighted by Crippen LogP contribution is 2.27. The number of hydrogen-bond donors (Lipinski definition) is 2. The average molecular weight is 427 g/mol. The first-order chi connectivity index (χ1) is 13.5. The van der Waals surface area contributed by atoms with Crippen LogP contribution in [0.5, 0.6) is 5.75 Å². The molecule has 1 aromatic carbocycles. The Morgan fingerprint density at radius 3 is 2.79 bits per heavy atom. The molecule has 2 atom stereocenters. The Labute approximate surface area is 175 Å². The highest BCUT2D eigenvalue weighted by molar-refractivity contribution is 5.97. The standard InChI is InChI=1S/C19H26N4O5.ClH/c1-28-17-7-6-14(23(26)27)10-15(17)19(25)22-9-3-4-13(12-22)11-21-18(24)16-5-2-8-20-16;/h6-7,10,13,16,20H,2-5,8-9,11-12H2,1H3,(H,21,24);1H. The van der Waals surface area contributed by atoms with E-state index in [-0.39, 0.29) is 47.4 Å². The van der Waals surface area contributed by atoms with Gasteiger partial charge in [-0.15, -0.1) is 12.4 Å². The molecular formula is C19H27ClN4O5. The number of rotatable bonds is 6. The Hall–Kier alpha value is -2.39. The molecule has 0 saturated carbocycles. The van der Waals surface area contributed by atoms with E-state index in [4.69, 9.17) is 4.74 Å². The van der Waals surface area contributed by atoms with Gasteiger partial charge in [0.2, 0.25) is 5.91 Å². The number of non-ortho nitro benzene ring substituents is 1. The number of amides is 2. The molecule has 3 rings (SSSR count). The van der Waals surface area contributed by atoms with Crippen LogP contribution in [0.4, 0.5) is 5.69 Å². The third-order valence-electron chi connectivity index (χ3n) is 5.37. The summed E-state index contributed by atoms with van der Waals surface area (Å²) in [5.74, 6) is 0.210. The molecule has 2 heterocycles. The normalized spacial score (nSPS) is 21.2. The van der Waals surface area contributed by atoms with Crippen LogP contribution in [-0.2, 0) is 4.79 Å². The van der Waals surface area contributed by atoms with Crippen molar-refractivity contribution in [2.75, 3.05) is 33.3 Å². The number of nitrogens with zero attached hydrogens (tertiary/aromatic N) is 2. The number of carbonyl (C=O) groups excluding carboxylic acids is 2. The van der Waals surface area contributed by atoms with Crippen LogP contribution in [0.2, 0.25) is 0 Å². The predicted octanol–water partition coefficient (Wildman–Crippen LogP) is 1.75. The zero-order valence-electron chi connectivity index (χ0n) is 16.4. The van der Waals surface area contributed by atoms with E-state index in [0.717, 1.165) is 32.2 Å². The number of nitro benzene ring substituents is 1. The van der Waals surface area contributed by atoms with Crippen molar-refractivity contribution in [2.45, 2.75) is 31.7 Å². The number of benzene rings is 1. The highest BCUT2D eigenvalue weighted by Gasteiger charge is 2.29. The smallest absolute Gasteiger partial charge is 0.270 e. The Balaban J connectivity index is 0.00000300. The second-order valence-corrected chi connectivity index (χ2v) is 7.30. The zero-order chi connectivity index (χ0) is 20.1. The molecular weight excluding hydrogens is 400 g/mol. The van der Waals surface area contributed by atoms with Gasteiger partial charge in [-0.1, -0.05) is 0 Å². The lowest BCUT2D eigenvalue weighted by Gasteiger charge is -2.33. The van der Waals surface area contributed by atoms with Crippen molar-refractivity contribution in [2.24, 2.45) is 5.92 Å². The fraction of sp³-hybridized carbons (Fsp3) is 0.579. The van der Waals surface area contributed by atoms with Crippen molar-refractivity contribution in [3.63, 3.8) is 0 Å². The summed E-state index contributed by atoms with van der Waals surface area (Å²) < 4.78 is 5.22. The van der Waals surface area contributed by atoms with Gasteiger partial charge in [0, 0.05) is 31.8 Å². The van der Waals surface area contributed by atoms with Crippen LogP contribution in [0.1, 0.15) is 36.0 Å². The lowest BCUT2D eigenvalue weighted by Crippen LogP contribution is -2.46. The van der Waals surface area contributed by atoms with Crippen LogP contribution in [-0.4, -0.2) is 61.0 Å². The van der Waals surface area contributed by atoms with E-state index in [1.54, 1.807) is 4.90 Å². The molecule has 2 amide bonds. The Morgan fingerprint density at radius 1 is 1.34 bits per heavy atom. The maximum Gasteiger partial charge on any atom is 0.270 e. The van der Waals surface area contributed by atoms with Gasteiger partial charge in [0.25, 0.3) is 11.6 Å². The quantitative estimate of drug-likeness (QED) is 0.529. The van der Waals surface area contributed by atoms with Gasteiger partial charge in [-0.05, 0) is 44.2 Å². The first-order valence-electron chi connectivity index (χ1n) is 9.62. The van der Waals surface area contributed by atoms with Gasteiger partial charge in [-0.2, -0.15) is 0 Å². The van der Waals surface area contributed by atoms with E-state index in [2.05, 4.69) is 10.6 Å². The zero-order valence-corrected chi connectivity index (χ0v) is 17.2. The second-order valence-electron chi connectivity index (χ2n) is 7.30. The number of hydrogen-bond acceptors (Lipinski definition) is 6. The van der Waals surface area contributed by atoms with Crippen molar-refractivity contribution in [3.05, 3.63) is 33.9 Å². The first kappa shape index (κ1) is 22.9. The van der Waals surface area contributed by atoms with Gasteiger partial charge in [0.1, 0.15) is 5.75 Å². The largest absolute Gasteiger partial charge is 0.496 e. The second kappa shape index (κ2) is 10.4. The molecule has 0 aromatic heterocycles. The molecule has 1 aromatic rings. The lowest BCUT2D eigenvalue weighted by atomic mass is 9.97. The molecule has 10 heteroatoms. The summed E-state index contributed by atoms with van der Waals surface area (Å²) in [4.78, 5) is 37.4. The Kier molecular flexibility index (Phi) is 8.21. The third kappa shape index (κ3) is 5.57. The summed E-state index contributed by atoms with van der Waals surface area (Å²) in [6.45, 7) is 2.48. The molecule has 2 fully saturated rings. The molecule has 2 N–H and O–H groups in total. The van der Waals surface area contributed by atoms with Gasteiger partial charge >= 0.3 is 0 Å². The third-order valence-corrected chi connectivity index (χ3v) is 5.37. The van der Waals surface area contributed by atoms with Gasteiger partial charge < -0.3 is 20.3 Å². The van der Waals surface area contributed by atoms with Gasteiger partial charge in [-0.25, -0.2) is 0 Å². The maximum absolute atomic E-state index is 13.0. The topological polar surface area (TPSA) is 114 Å². The number of piperidine rings is 1. The average Bonchev–Trinajstić information content (AvgIpc) is 3.26. The number of likely N-dealkylation sites (tertiary alicyclic amines) is 1. The number of nitro groups is 1. The number of halogens is 1. The van der Waals surface area contributed by atoms with Crippen molar-refractivity contribution >= 4 is 29.9 Å². The van der Waals surface area contributed by atoms with E-state index in [1.165, 1.54) is 25.3 Å². The fourth-order valence-electron chi connectivity index (χ4n) is 3.84. The monoisotopic (exact) mass is 426 g/mol. The van der Waals surface area contributed by atoms with Crippen LogP contribution < -0.4 is 15.4 Å². The molecule has 0 aliphatic carbocycles. The van der Waals surface area contributed by atoms with E-state index in [0.29, 0.717) is 25.4 Å². The van der Waals surface area contributed by atoms with Crippen LogP contribution >= 0.6 is 12.4 Å². The SMILES string of the molecule is COc1ccc([N+](=O)[O-])cc1C(=O)N1CCCC(CNC(=O)C2CCCN2)C1.Cl. The molecule has 160 valence electrons. The lowest BCUT2D eigenvalue weighted by molar-refractivity contribution is -0.384. The maximum atomic E-state index is 13.0. The molecule has 0 spiro atoms. The summed E-state index contributed by atoms with van der Waals surface area (Å²) in [6, 6.07) is 3.91. The van der Waals surface area contributed by atoms with Crippen molar-refractivity contribution in [1.82, 2.24) is 15.5 Å². The summed E-state index contributed by atoms with van der Waals surface area (Å²) in [5.41, 5.74) is 0.0468. The summed E-state index contributed by atoms with van der Waals surface area (Å²) in [7, 11) is 1.43. The summed E-state index contributed by atoms with van der Waals surface area (Å²) in [6.07, 6.45) is 3.61. The molecule has 29 heavy (non-hydrogen) atoms. The molecule has 2 aliphatic rings. The summed E-state index contributed by atoms with van der Waals surface area (Å²) in [5, 5.41) is 17.2. The molecule has 9 nitrogen and oxygen atoms in total. The number of ether oxygens (including phenoxy) is 1. The molecule has 0 bridgehead atoms. The van der Waals surface area contributed by atoms with E-state index in [1.807, 2.05) is 0 Å². The number of nitrogens with one attached hydrogen (secondary N) is 2. The minimum absolute atomic E-state index is 0. The van der Waals surface area contributed by atoms with Crippen LogP contribution in [0, 0.1) is 16.0 Å². The van der Waals surface area contributed by atoms with E-state index < -0.39 is 4.92 Å². The number of methoxy groups -OCH3 is 1. The highest BCUT2D eigenvalue weighted by atomic mass is 35.5. The van der Waals surface area contributed by atoms with Crippen molar-refractivity contribution in [1.29, 1.82) is 0 Å². The van der Waals surface area contributed by atoms with E-state index in [9.17, 15) is 19.7 Å². The van der Waals surface area contributed by atoms with Gasteiger partial charge in [-0.3, -0.25) is 19.7 Å². The van der Waals surface area contributed by atoms with Crippen LogP contribution in [0.15, 0.2) is 18.2 Å². The molecule has 2 aliphatic heterocycles. The first-order valence-corrected chi connectivity index (χ1v) is 9.62. The molecule has 2 unspecified atom stereocenters. The van der Waals surface area contributed by atoms with Gasteiger partial charge in [0.15, 0.2) is 0 Å².